The largest absolute Gasteiger partial charge is 0.468 e. The number of hydrogen-bond acceptors (Lipinski definition) is 5. The Bertz CT molecular complexity index is 1160. The molecule has 0 bridgehead atoms. The molecule has 3 aromatic carbocycles. The lowest BCUT2D eigenvalue weighted by Crippen LogP contribution is -2.30. The second-order valence-corrected chi connectivity index (χ2v) is 8.18. The smallest absolute Gasteiger partial charge is 0.315 e. The topological polar surface area (TPSA) is 84.5 Å². The van der Waals surface area contributed by atoms with Gasteiger partial charge in [-0.2, -0.15) is 0 Å². The summed E-state index contributed by atoms with van der Waals surface area (Å²) in [7, 11) is 1.35. The Labute approximate surface area is 197 Å². The molecule has 0 heterocycles. The van der Waals surface area contributed by atoms with Gasteiger partial charge in [-0.05, 0) is 55.0 Å². The van der Waals surface area contributed by atoms with Gasteiger partial charge in [0.25, 0.3) is 11.8 Å². The molecule has 7 heteroatoms. The molecule has 33 heavy (non-hydrogen) atoms. The quantitative estimate of drug-likeness (QED) is 0.290. The number of esters is 1. The summed E-state index contributed by atoms with van der Waals surface area (Å²) in [5, 5.41) is 5.54. The monoisotopic (exact) mass is 460 g/mol. The minimum atomic E-state index is -0.448. The van der Waals surface area contributed by atoms with Gasteiger partial charge in [0.15, 0.2) is 0 Å². The summed E-state index contributed by atoms with van der Waals surface area (Å²) in [4.78, 5) is 37.9. The van der Waals surface area contributed by atoms with Crippen LogP contribution in [0.3, 0.4) is 0 Å². The number of nitrogens with one attached hydrogen (secondary N) is 2. The molecule has 0 radical (unpaired) electrons. The van der Waals surface area contributed by atoms with Crippen molar-refractivity contribution in [3.63, 3.8) is 0 Å². The maximum absolute atomic E-state index is 13.0. The predicted molar refractivity (Wildman–Crippen MR) is 131 cm³/mol. The molecule has 0 unspecified atom stereocenters. The van der Waals surface area contributed by atoms with Gasteiger partial charge < -0.3 is 15.4 Å². The van der Waals surface area contributed by atoms with Gasteiger partial charge in [-0.1, -0.05) is 48.0 Å². The Hall–Kier alpha value is -3.84. The summed E-state index contributed by atoms with van der Waals surface area (Å²) in [6.45, 7) is 1.96. The Kier molecular flexibility index (Phi) is 8.43. The van der Waals surface area contributed by atoms with Crippen LogP contribution in [0.25, 0.3) is 6.08 Å². The molecule has 0 spiro atoms. The normalized spacial score (nSPS) is 10.9. The predicted octanol–water partition coefficient (Wildman–Crippen LogP) is 4.67. The molecule has 3 rings (SSSR count). The number of ether oxygens (including phenoxy) is 1. The van der Waals surface area contributed by atoms with Crippen molar-refractivity contribution in [1.82, 2.24) is 5.32 Å². The lowest BCUT2D eigenvalue weighted by atomic mass is 10.1. The number of benzene rings is 3. The highest BCUT2D eigenvalue weighted by molar-refractivity contribution is 8.00. The standard InChI is InChI=1S/C26H24N2O4S/c1-18-7-6-8-19(15-18)16-23(28-25(30)20-9-4-3-5-10-20)26(31)27-21-11-13-22(14-12-21)33-17-24(29)32-2/h3-16H,17H2,1-2H3,(H,27,31)(H,28,30)/b23-16-. The molecule has 168 valence electrons. The summed E-state index contributed by atoms with van der Waals surface area (Å²) in [5.74, 6) is -0.927. The molecule has 0 saturated carbocycles. The molecule has 0 atom stereocenters. The summed E-state index contributed by atoms with van der Waals surface area (Å²) >= 11 is 1.34. The van der Waals surface area contributed by atoms with Crippen LogP contribution in [0.2, 0.25) is 0 Å². The molecule has 0 aliphatic carbocycles. The van der Waals surface area contributed by atoms with E-state index in [1.165, 1.54) is 18.9 Å². The first-order valence-electron chi connectivity index (χ1n) is 10.2. The Morgan fingerprint density at radius 2 is 1.67 bits per heavy atom. The molecule has 0 aliphatic rings. The number of hydrogen-bond donors (Lipinski definition) is 2. The van der Waals surface area contributed by atoms with Crippen LogP contribution in [-0.4, -0.2) is 30.6 Å². The average molecular weight is 461 g/mol. The lowest BCUT2D eigenvalue weighted by Gasteiger charge is -2.12. The number of methoxy groups -OCH3 is 1. The SMILES string of the molecule is COC(=O)CSc1ccc(NC(=O)/C(=C/c2cccc(C)c2)NC(=O)c2ccccc2)cc1. The van der Waals surface area contributed by atoms with Crippen LogP contribution in [0.1, 0.15) is 21.5 Å². The highest BCUT2D eigenvalue weighted by Crippen LogP contribution is 2.21. The van der Waals surface area contributed by atoms with Crippen LogP contribution < -0.4 is 10.6 Å². The highest BCUT2D eigenvalue weighted by Gasteiger charge is 2.15. The van der Waals surface area contributed by atoms with Crippen LogP contribution in [0.4, 0.5) is 5.69 Å². The summed E-state index contributed by atoms with van der Waals surface area (Å²) in [6.07, 6.45) is 1.64. The molecule has 0 aliphatic heterocycles. The molecular formula is C26H24N2O4S. The average Bonchev–Trinajstić information content (AvgIpc) is 2.83. The van der Waals surface area contributed by atoms with Crippen molar-refractivity contribution in [2.24, 2.45) is 0 Å². The second-order valence-electron chi connectivity index (χ2n) is 7.14. The number of anilines is 1. The van der Waals surface area contributed by atoms with E-state index in [1.807, 2.05) is 37.3 Å². The first-order valence-corrected chi connectivity index (χ1v) is 11.2. The van der Waals surface area contributed by atoms with Crippen molar-refractivity contribution in [3.8, 4) is 0 Å². The zero-order valence-corrected chi connectivity index (χ0v) is 19.1. The molecule has 2 amide bonds. The van der Waals surface area contributed by atoms with E-state index in [1.54, 1.807) is 54.6 Å². The molecule has 3 aromatic rings. The van der Waals surface area contributed by atoms with Gasteiger partial charge >= 0.3 is 5.97 Å². The van der Waals surface area contributed by atoms with Crippen LogP contribution in [0.5, 0.6) is 0 Å². The minimum Gasteiger partial charge on any atom is -0.468 e. The van der Waals surface area contributed by atoms with E-state index in [2.05, 4.69) is 15.4 Å². The Balaban J connectivity index is 1.77. The number of amides is 2. The number of thioether (sulfide) groups is 1. The van der Waals surface area contributed by atoms with E-state index in [9.17, 15) is 14.4 Å². The van der Waals surface area contributed by atoms with Crippen LogP contribution in [0.15, 0.2) is 89.5 Å². The van der Waals surface area contributed by atoms with Crippen LogP contribution in [0, 0.1) is 6.92 Å². The minimum absolute atomic E-state index is 0.124. The molecule has 0 aromatic heterocycles. The molecule has 0 saturated heterocycles. The third-order valence-electron chi connectivity index (χ3n) is 4.58. The number of rotatable bonds is 8. The number of aryl methyl sites for hydroxylation is 1. The third kappa shape index (κ3) is 7.36. The summed E-state index contributed by atoms with van der Waals surface area (Å²) < 4.78 is 4.64. The van der Waals surface area contributed by atoms with Crippen LogP contribution in [-0.2, 0) is 14.3 Å². The highest BCUT2D eigenvalue weighted by atomic mass is 32.2. The van der Waals surface area contributed by atoms with Crippen molar-refractivity contribution in [2.45, 2.75) is 11.8 Å². The summed E-state index contributed by atoms with van der Waals surface area (Å²) in [6, 6.07) is 23.4. The second kappa shape index (κ2) is 11.7. The van der Waals surface area contributed by atoms with Gasteiger partial charge in [-0.25, -0.2) is 0 Å². The molecular weight excluding hydrogens is 436 g/mol. The number of carbonyl (C=O) groups excluding carboxylic acids is 3. The zero-order valence-electron chi connectivity index (χ0n) is 18.3. The maximum Gasteiger partial charge on any atom is 0.315 e. The van der Waals surface area contributed by atoms with Crippen molar-refractivity contribution in [2.75, 3.05) is 18.2 Å². The van der Waals surface area contributed by atoms with Gasteiger partial charge in [-0.15, -0.1) is 11.8 Å². The van der Waals surface area contributed by atoms with E-state index in [4.69, 9.17) is 0 Å². The third-order valence-corrected chi connectivity index (χ3v) is 5.56. The van der Waals surface area contributed by atoms with Gasteiger partial charge in [0.1, 0.15) is 5.70 Å². The first kappa shape index (κ1) is 23.8. The van der Waals surface area contributed by atoms with E-state index in [0.29, 0.717) is 11.3 Å². The Morgan fingerprint density at radius 1 is 0.939 bits per heavy atom. The van der Waals surface area contributed by atoms with E-state index in [0.717, 1.165) is 16.0 Å². The molecule has 2 N–H and O–H groups in total. The van der Waals surface area contributed by atoms with Crippen LogP contribution >= 0.6 is 11.8 Å². The van der Waals surface area contributed by atoms with Crippen molar-refractivity contribution in [3.05, 3.63) is 101 Å². The molecule has 0 fully saturated rings. The Morgan fingerprint density at radius 3 is 2.33 bits per heavy atom. The van der Waals surface area contributed by atoms with Gasteiger partial charge in [-0.3, -0.25) is 14.4 Å². The fourth-order valence-corrected chi connectivity index (χ4v) is 3.63. The van der Waals surface area contributed by atoms with Gasteiger partial charge in [0.2, 0.25) is 0 Å². The van der Waals surface area contributed by atoms with Gasteiger partial charge in [0, 0.05) is 16.1 Å². The fourth-order valence-electron chi connectivity index (χ4n) is 2.90. The molecule has 6 nitrogen and oxygen atoms in total. The lowest BCUT2D eigenvalue weighted by molar-refractivity contribution is -0.137. The first-order chi connectivity index (χ1) is 15.9. The van der Waals surface area contributed by atoms with Crippen molar-refractivity contribution < 1.29 is 19.1 Å². The maximum atomic E-state index is 13.0. The van der Waals surface area contributed by atoms with Crippen molar-refractivity contribution in [1.29, 1.82) is 0 Å². The summed E-state index contributed by atoms with van der Waals surface area (Å²) in [5.41, 5.74) is 2.97. The zero-order chi connectivity index (χ0) is 23.6. The van der Waals surface area contributed by atoms with Gasteiger partial charge in [0.05, 0.1) is 12.9 Å². The fraction of sp³-hybridized carbons (Fsp3) is 0.115. The van der Waals surface area contributed by atoms with E-state index < -0.39 is 5.91 Å². The van der Waals surface area contributed by atoms with E-state index in [-0.39, 0.29) is 23.3 Å². The van der Waals surface area contributed by atoms with Crippen molar-refractivity contribution >= 4 is 41.3 Å². The number of carbonyl (C=O) groups is 3. The van der Waals surface area contributed by atoms with E-state index >= 15 is 0 Å².